The molecule has 1 aromatic carbocycles. The van der Waals surface area contributed by atoms with Gasteiger partial charge in [-0.15, -0.1) is 18.3 Å². The first-order valence-corrected chi connectivity index (χ1v) is 9.17. The van der Waals surface area contributed by atoms with E-state index >= 15 is 0 Å². The van der Waals surface area contributed by atoms with Crippen LogP contribution in [0.3, 0.4) is 0 Å². The predicted octanol–water partition coefficient (Wildman–Crippen LogP) is 5.93. The van der Waals surface area contributed by atoms with Crippen molar-refractivity contribution in [1.82, 2.24) is 0 Å². The first-order chi connectivity index (χ1) is 10.7. The minimum absolute atomic E-state index is 0.324. The van der Waals surface area contributed by atoms with E-state index < -0.39 is 5.97 Å². The van der Waals surface area contributed by atoms with Crippen LogP contribution < -0.4 is 0 Å². The quantitative estimate of drug-likeness (QED) is 0.278. The Balaban J connectivity index is 2.12. The van der Waals surface area contributed by atoms with E-state index in [0.29, 0.717) is 0 Å². The summed E-state index contributed by atoms with van der Waals surface area (Å²) in [6.07, 6.45) is 12.3. The molecule has 0 saturated carbocycles. The van der Waals surface area contributed by atoms with Gasteiger partial charge in [0.1, 0.15) is 5.25 Å². The van der Waals surface area contributed by atoms with Crippen molar-refractivity contribution in [1.29, 1.82) is 0 Å². The van der Waals surface area contributed by atoms with Crippen molar-refractivity contribution >= 4 is 17.7 Å². The van der Waals surface area contributed by atoms with Crippen LogP contribution in [0.4, 0.5) is 0 Å². The van der Waals surface area contributed by atoms with Crippen molar-refractivity contribution in [2.45, 2.75) is 67.9 Å². The summed E-state index contributed by atoms with van der Waals surface area (Å²) in [6, 6.07) is 9.81. The smallest absolute Gasteiger partial charge is 0.316 e. The molecule has 1 N–H and O–H groups in total. The average molecular weight is 320 g/mol. The van der Waals surface area contributed by atoms with Gasteiger partial charge in [-0.1, -0.05) is 62.8 Å². The van der Waals surface area contributed by atoms with E-state index in [1.807, 2.05) is 36.4 Å². The Kier molecular flexibility index (Phi) is 10.6. The Hall–Kier alpha value is -1.22. The van der Waals surface area contributed by atoms with Crippen LogP contribution >= 0.6 is 11.8 Å². The summed E-state index contributed by atoms with van der Waals surface area (Å²) in [5, 5.41) is 9.00. The highest BCUT2D eigenvalue weighted by Crippen LogP contribution is 2.27. The standard InChI is InChI=1S/C19H28O2S/c1-2-3-4-5-6-7-8-9-13-16-18(19(20)21)22-17-14-11-10-12-15-17/h2,10-12,14-15,18H,1,3-9,13,16H2,(H,20,21). The molecule has 1 unspecified atom stereocenters. The van der Waals surface area contributed by atoms with Crippen molar-refractivity contribution in [2.75, 3.05) is 0 Å². The number of carbonyl (C=O) groups is 1. The largest absolute Gasteiger partial charge is 0.480 e. The van der Waals surface area contributed by atoms with Crippen LogP contribution in [-0.2, 0) is 4.79 Å². The number of carboxylic acids is 1. The number of aliphatic carboxylic acids is 1. The third-order valence-electron chi connectivity index (χ3n) is 3.67. The van der Waals surface area contributed by atoms with Crippen LogP contribution in [0.5, 0.6) is 0 Å². The molecule has 3 heteroatoms. The maximum absolute atomic E-state index is 11.3. The maximum atomic E-state index is 11.3. The Labute approximate surface area is 139 Å². The average Bonchev–Trinajstić information content (AvgIpc) is 2.53. The number of unbranched alkanes of at least 4 members (excludes halogenated alkanes) is 7. The third-order valence-corrected chi connectivity index (χ3v) is 4.94. The van der Waals surface area contributed by atoms with E-state index in [1.54, 1.807) is 0 Å². The number of hydrogen-bond acceptors (Lipinski definition) is 2. The van der Waals surface area contributed by atoms with Gasteiger partial charge in [0.05, 0.1) is 0 Å². The summed E-state index contributed by atoms with van der Waals surface area (Å²) in [6.45, 7) is 3.73. The lowest BCUT2D eigenvalue weighted by atomic mass is 10.1. The molecule has 22 heavy (non-hydrogen) atoms. The van der Waals surface area contributed by atoms with Crippen molar-refractivity contribution in [3.63, 3.8) is 0 Å². The zero-order valence-electron chi connectivity index (χ0n) is 13.4. The van der Waals surface area contributed by atoms with Crippen LogP contribution in [0.15, 0.2) is 47.9 Å². The van der Waals surface area contributed by atoms with Gasteiger partial charge in [0, 0.05) is 4.90 Å². The first kappa shape index (κ1) is 18.8. The Morgan fingerprint density at radius 1 is 1.05 bits per heavy atom. The van der Waals surface area contributed by atoms with Crippen molar-refractivity contribution in [2.24, 2.45) is 0 Å². The number of rotatable bonds is 13. The molecular weight excluding hydrogens is 292 g/mol. The molecule has 1 rings (SSSR count). The zero-order chi connectivity index (χ0) is 16.0. The lowest BCUT2D eigenvalue weighted by molar-refractivity contribution is -0.136. The highest BCUT2D eigenvalue weighted by molar-refractivity contribution is 8.00. The molecule has 1 aromatic rings. The number of carboxylic acid groups (broad SMARTS) is 1. The minimum Gasteiger partial charge on any atom is -0.480 e. The molecule has 122 valence electrons. The second-order valence-corrected chi connectivity index (χ2v) is 6.87. The van der Waals surface area contributed by atoms with E-state index in [2.05, 4.69) is 6.58 Å². The second kappa shape index (κ2) is 12.3. The van der Waals surface area contributed by atoms with Crippen molar-refractivity contribution in [3.05, 3.63) is 43.0 Å². The van der Waals surface area contributed by atoms with Crippen LogP contribution in [0, 0.1) is 0 Å². The molecule has 0 amide bonds. The molecule has 2 nitrogen and oxygen atoms in total. The van der Waals surface area contributed by atoms with Gasteiger partial charge in [0.15, 0.2) is 0 Å². The Bertz CT molecular complexity index is 417. The Morgan fingerprint density at radius 2 is 1.64 bits per heavy atom. The minimum atomic E-state index is -0.696. The zero-order valence-corrected chi connectivity index (χ0v) is 14.2. The number of benzene rings is 1. The normalized spacial score (nSPS) is 12.0. The van der Waals surface area contributed by atoms with Gasteiger partial charge in [-0.05, 0) is 31.4 Å². The summed E-state index contributed by atoms with van der Waals surface area (Å²) in [5.74, 6) is -0.696. The number of thioether (sulfide) groups is 1. The van der Waals surface area contributed by atoms with Crippen LogP contribution in [0.25, 0.3) is 0 Å². The summed E-state index contributed by atoms with van der Waals surface area (Å²) < 4.78 is 0. The Morgan fingerprint density at radius 3 is 2.23 bits per heavy atom. The van der Waals surface area contributed by atoms with Gasteiger partial charge >= 0.3 is 5.97 Å². The molecule has 0 spiro atoms. The summed E-state index contributed by atoms with van der Waals surface area (Å²) in [7, 11) is 0. The predicted molar refractivity (Wildman–Crippen MR) is 95.5 cm³/mol. The molecule has 0 heterocycles. The molecule has 0 saturated heterocycles. The number of hydrogen-bond donors (Lipinski definition) is 1. The van der Waals surface area contributed by atoms with Crippen LogP contribution in [0.2, 0.25) is 0 Å². The van der Waals surface area contributed by atoms with Crippen LogP contribution in [0.1, 0.15) is 57.8 Å². The van der Waals surface area contributed by atoms with E-state index in [0.717, 1.165) is 30.6 Å². The highest BCUT2D eigenvalue weighted by atomic mass is 32.2. The van der Waals surface area contributed by atoms with E-state index in [9.17, 15) is 9.90 Å². The van der Waals surface area contributed by atoms with Gasteiger partial charge < -0.3 is 5.11 Å². The topological polar surface area (TPSA) is 37.3 Å². The number of allylic oxidation sites excluding steroid dienone is 1. The molecule has 1 atom stereocenters. The third kappa shape index (κ3) is 8.93. The van der Waals surface area contributed by atoms with Gasteiger partial charge in [-0.25, -0.2) is 0 Å². The fourth-order valence-electron chi connectivity index (χ4n) is 2.40. The van der Waals surface area contributed by atoms with E-state index in [1.165, 1.54) is 43.9 Å². The van der Waals surface area contributed by atoms with Gasteiger partial charge in [-0.2, -0.15) is 0 Å². The summed E-state index contributed by atoms with van der Waals surface area (Å²) >= 11 is 1.47. The lowest BCUT2D eigenvalue weighted by Gasteiger charge is -2.11. The second-order valence-electron chi connectivity index (χ2n) is 5.60. The molecule has 0 aliphatic carbocycles. The maximum Gasteiger partial charge on any atom is 0.316 e. The van der Waals surface area contributed by atoms with E-state index in [-0.39, 0.29) is 5.25 Å². The van der Waals surface area contributed by atoms with Gasteiger partial charge in [-0.3, -0.25) is 4.79 Å². The molecule has 0 aromatic heterocycles. The van der Waals surface area contributed by atoms with Crippen molar-refractivity contribution in [3.8, 4) is 0 Å². The van der Waals surface area contributed by atoms with Gasteiger partial charge in [0.25, 0.3) is 0 Å². The SMILES string of the molecule is C=CCCCCCCCCCC(Sc1ccccc1)C(=O)O. The fourth-order valence-corrected chi connectivity index (χ4v) is 3.43. The molecule has 0 radical (unpaired) electrons. The van der Waals surface area contributed by atoms with Crippen LogP contribution in [-0.4, -0.2) is 16.3 Å². The summed E-state index contributed by atoms with van der Waals surface area (Å²) in [5.41, 5.74) is 0. The molecule has 0 aliphatic rings. The molecule has 0 bridgehead atoms. The molecular formula is C19H28O2S. The first-order valence-electron chi connectivity index (χ1n) is 8.29. The monoisotopic (exact) mass is 320 g/mol. The van der Waals surface area contributed by atoms with E-state index in [4.69, 9.17) is 0 Å². The molecule has 0 fully saturated rings. The lowest BCUT2D eigenvalue weighted by Crippen LogP contribution is -2.16. The molecule has 0 aliphatic heterocycles. The highest BCUT2D eigenvalue weighted by Gasteiger charge is 2.18. The van der Waals surface area contributed by atoms with Crippen molar-refractivity contribution < 1.29 is 9.90 Å². The fraction of sp³-hybridized carbons (Fsp3) is 0.526. The summed E-state index contributed by atoms with van der Waals surface area (Å²) in [4.78, 5) is 12.4. The van der Waals surface area contributed by atoms with Gasteiger partial charge in [0.2, 0.25) is 0 Å².